The third kappa shape index (κ3) is 4.68. The molecule has 0 atom stereocenters. The van der Waals surface area contributed by atoms with Crippen molar-refractivity contribution in [2.75, 3.05) is 0 Å². The van der Waals surface area contributed by atoms with Crippen LogP contribution in [0.5, 0.6) is 11.5 Å². The van der Waals surface area contributed by atoms with Crippen molar-refractivity contribution in [2.24, 2.45) is 0 Å². The van der Waals surface area contributed by atoms with Gasteiger partial charge in [0.25, 0.3) is 0 Å². The second-order valence-corrected chi connectivity index (χ2v) is 4.55. The summed E-state index contributed by atoms with van der Waals surface area (Å²) in [6, 6.07) is 8.37. The van der Waals surface area contributed by atoms with Gasteiger partial charge in [0.1, 0.15) is 11.5 Å². The lowest BCUT2D eigenvalue weighted by Crippen LogP contribution is -2.19. The zero-order valence-corrected chi connectivity index (χ0v) is 11.9. The van der Waals surface area contributed by atoms with Crippen molar-refractivity contribution >= 4 is 6.08 Å². The SMILES string of the molecule is C=Cc1ccc(OC(F)(F)F)c(-c2ccccc2OC(F)(F)F)c1. The minimum Gasteiger partial charge on any atom is -0.405 e. The molecule has 2 aromatic rings. The summed E-state index contributed by atoms with van der Waals surface area (Å²) in [6.45, 7) is 3.48. The van der Waals surface area contributed by atoms with E-state index in [-0.39, 0.29) is 11.1 Å². The number of halogens is 6. The Kier molecular flexibility index (Phi) is 4.77. The Labute approximate surface area is 132 Å². The van der Waals surface area contributed by atoms with E-state index in [0.717, 1.165) is 12.1 Å². The van der Waals surface area contributed by atoms with Gasteiger partial charge in [0.2, 0.25) is 0 Å². The molecular formula is C16H10F6O2. The van der Waals surface area contributed by atoms with Gasteiger partial charge in [-0.05, 0) is 23.8 Å². The molecule has 0 aliphatic rings. The summed E-state index contributed by atoms with van der Waals surface area (Å²) in [6.07, 6.45) is -8.64. The Bertz CT molecular complexity index is 734. The van der Waals surface area contributed by atoms with E-state index in [1.807, 2.05) is 0 Å². The van der Waals surface area contributed by atoms with Crippen LogP contribution in [0.2, 0.25) is 0 Å². The van der Waals surface area contributed by atoms with E-state index in [9.17, 15) is 26.3 Å². The third-order valence-electron chi connectivity index (χ3n) is 2.87. The minimum absolute atomic E-state index is 0.197. The first-order valence-electron chi connectivity index (χ1n) is 6.46. The molecule has 0 amide bonds. The van der Waals surface area contributed by atoms with Crippen molar-refractivity contribution in [3.63, 3.8) is 0 Å². The predicted molar refractivity (Wildman–Crippen MR) is 75.3 cm³/mol. The van der Waals surface area contributed by atoms with Crippen LogP contribution >= 0.6 is 0 Å². The van der Waals surface area contributed by atoms with Gasteiger partial charge in [-0.15, -0.1) is 26.3 Å². The number of hydrogen-bond acceptors (Lipinski definition) is 2. The summed E-state index contributed by atoms with van der Waals surface area (Å²) in [5.74, 6) is -1.29. The van der Waals surface area contributed by atoms with Gasteiger partial charge in [0.05, 0.1) is 0 Å². The molecule has 0 aliphatic heterocycles. The molecular weight excluding hydrogens is 338 g/mol. The Morgan fingerprint density at radius 2 is 1.29 bits per heavy atom. The lowest BCUT2D eigenvalue weighted by molar-refractivity contribution is -0.276. The van der Waals surface area contributed by atoms with Crippen molar-refractivity contribution in [1.82, 2.24) is 0 Å². The van der Waals surface area contributed by atoms with E-state index >= 15 is 0 Å². The van der Waals surface area contributed by atoms with E-state index in [1.165, 1.54) is 36.4 Å². The number of alkyl halides is 6. The average Bonchev–Trinajstić information content (AvgIpc) is 2.45. The van der Waals surface area contributed by atoms with E-state index in [2.05, 4.69) is 16.1 Å². The van der Waals surface area contributed by atoms with E-state index in [0.29, 0.717) is 5.56 Å². The fourth-order valence-electron chi connectivity index (χ4n) is 2.00. The average molecular weight is 348 g/mol. The van der Waals surface area contributed by atoms with Crippen LogP contribution in [0.1, 0.15) is 5.56 Å². The van der Waals surface area contributed by atoms with Crippen LogP contribution in [0, 0.1) is 0 Å². The standard InChI is InChI=1S/C16H10F6O2/c1-2-10-7-8-14(24-16(20,21)22)12(9-10)11-5-3-4-6-13(11)23-15(17,18)19/h2-9H,1H2. The Morgan fingerprint density at radius 3 is 1.83 bits per heavy atom. The Hall–Kier alpha value is -2.64. The maximum absolute atomic E-state index is 12.5. The summed E-state index contributed by atoms with van der Waals surface area (Å²) in [5.41, 5.74) is 0.00341. The molecule has 2 aromatic carbocycles. The molecule has 0 fully saturated rings. The van der Waals surface area contributed by atoms with Gasteiger partial charge in [-0.3, -0.25) is 0 Å². The van der Waals surface area contributed by atoms with Crippen LogP contribution in [0.3, 0.4) is 0 Å². The van der Waals surface area contributed by atoms with Gasteiger partial charge in [-0.25, -0.2) is 0 Å². The highest BCUT2D eigenvalue weighted by Gasteiger charge is 2.34. The van der Waals surface area contributed by atoms with Crippen LogP contribution in [-0.4, -0.2) is 12.7 Å². The molecule has 128 valence electrons. The van der Waals surface area contributed by atoms with Gasteiger partial charge in [-0.1, -0.05) is 36.9 Å². The highest BCUT2D eigenvalue weighted by atomic mass is 19.4. The topological polar surface area (TPSA) is 18.5 Å². The molecule has 2 rings (SSSR count). The predicted octanol–water partition coefficient (Wildman–Crippen LogP) is 5.79. The molecule has 24 heavy (non-hydrogen) atoms. The summed E-state index contributed by atoms with van der Waals surface area (Å²) < 4.78 is 82.9. The molecule has 0 N–H and O–H groups in total. The zero-order chi connectivity index (χ0) is 18.0. The first-order valence-corrected chi connectivity index (χ1v) is 6.46. The molecule has 0 saturated carbocycles. The molecule has 0 heterocycles. The van der Waals surface area contributed by atoms with Crippen molar-refractivity contribution in [2.45, 2.75) is 12.7 Å². The van der Waals surface area contributed by atoms with Crippen LogP contribution in [0.25, 0.3) is 17.2 Å². The zero-order valence-electron chi connectivity index (χ0n) is 11.9. The Morgan fingerprint density at radius 1 is 0.750 bits per heavy atom. The van der Waals surface area contributed by atoms with Crippen LogP contribution in [0.4, 0.5) is 26.3 Å². The third-order valence-corrected chi connectivity index (χ3v) is 2.87. The minimum atomic E-state index is -5.00. The number of benzene rings is 2. The summed E-state index contributed by atoms with van der Waals surface area (Å²) in [5, 5.41) is 0. The number of ether oxygens (including phenoxy) is 2. The highest BCUT2D eigenvalue weighted by Crippen LogP contribution is 2.40. The van der Waals surface area contributed by atoms with Gasteiger partial charge in [0, 0.05) is 11.1 Å². The maximum Gasteiger partial charge on any atom is 0.573 e. The molecule has 0 aliphatic carbocycles. The second kappa shape index (κ2) is 6.46. The van der Waals surface area contributed by atoms with Gasteiger partial charge in [-0.2, -0.15) is 0 Å². The number of para-hydroxylation sites is 1. The van der Waals surface area contributed by atoms with E-state index in [1.54, 1.807) is 0 Å². The van der Waals surface area contributed by atoms with Crippen LogP contribution in [0.15, 0.2) is 49.0 Å². The van der Waals surface area contributed by atoms with E-state index in [4.69, 9.17) is 0 Å². The lowest BCUT2D eigenvalue weighted by atomic mass is 10.0. The number of rotatable bonds is 4. The monoisotopic (exact) mass is 348 g/mol. The fourth-order valence-corrected chi connectivity index (χ4v) is 2.00. The largest absolute Gasteiger partial charge is 0.573 e. The highest BCUT2D eigenvalue weighted by molar-refractivity contribution is 5.78. The molecule has 0 saturated heterocycles. The molecule has 0 unspecified atom stereocenters. The summed E-state index contributed by atoms with van der Waals surface area (Å²) in [7, 11) is 0. The van der Waals surface area contributed by atoms with Crippen LogP contribution in [-0.2, 0) is 0 Å². The molecule has 0 aromatic heterocycles. The van der Waals surface area contributed by atoms with Gasteiger partial charge < -0.3 is 9.47 Å². The number of hydrogen-bond donors (Lipinski definition) is 0. The smallest absolute Gasteiger partial charge is 0.405 e. The quantitative estimate of drug-likeness (QED) is 0.651. The Balaban J connectivity index is 2.60. The van der Waals surface area contributed by atoms with Gasteiger partial charge in [0.15, 0.2) is 0 Å². The molecule has 0 bridgehead atoms. The molecule has 2 nitrogen and oxygen atoms in total. The first-order chi connectivity index (χ1) is 11.1. The summed E-state index contributed by atoms with van der Waals surface area (Å²) >= 11 is 0. The maximum atomic E-state index is 12.5. The van der Waals surface area contributed by atoms with E-state index < -0.39 is 24.2 Å². The summed E-state index contributed by atoms with van der Waals surface area (Å²) in [4.78, 5) is 0. The lowest BCUT2D eigenvalue weighted by Gasteiger charge is -2.17. The normalized spacial score (nSPS) is 11.9. The second-order valence-electron chi connectivity index (χ2n) is 4.55. The van der Waals surface area contributed by atoms with Crippen LogP contribution < -0.4 is 9.47 Å². The van der Waals surface area contributed by atoms with Crippen molar-refractivity contribution in [1.29, 1.82) is 0 Å². The van der Waals surface area contributed by atoms with Crippen molar-refractivity contribution in [3.05, 3.63) is 54.6 Å². The molecule has 0 radical (unpaired) electrons. The van der Waals surface area contributed by atoms with Gasteiger partial charge >= 0.3 is 12.7 Å². The van der Waals surface area contributed by atoms with Crippen molar-refractivity contribution in [3.8, 4) is 22.6 Å². The first kappa shape index (κ1) is 17.7. The molecule has 8 heteroatoms. The molecule has 0 spiro atoms. The van der Waals surface area contributed by atoms with Crippen molar-refractivity contribution < 1.29 is 35.8 Å². The fraction of sp³-hybridized carbons (Fsp3) is 0.125.